The van der Waals surface area contributed by atoms with E-state index in [-0.39, 0.29) is 5.91 Å². The number of carbonyl (C=O) groups is 1. The molecule has 1 aromatic heterocycles. The minimum atomic E-state index is -0.571. The largest absolute Gasteiger partial charge is 0.324 e. The number of aromatic nitrogens is 4. The van der Waals surface area contributed by atoms with Gasteiger partial charge in [-0.05, 0) is 68.6 Å². The lowest BCUT2D eigenvalue weighted by molar-refractivity contribution is -0.119. The Labute approximate surface area is 183 Å². The monoisotopic (exact) mass is 418 g/mol. The summed E-state index contributed by atoms with van der Waals surface area (Å²) in [4.78, 5) is 16.6. The van der Waals surface area contributed by atoms with E-state index in [9.17, 15) is 4.79 Å². The molecule has 1 aliphatic rings. The number of anilines is 1. The highest BCUT2D eigenvalue weighted by Crippen LogP contribution is 2.22. The maximum absolute atomic E-state index is 12.8. The number of nitrogens with zero attached hydrogens (tertiary/aromatic N) is 5. The minimum absolute atomic E-state index is 0.168. The summed E-state index contributed by atoms with van der Waals surface area (Å²) in [5, 5.41) is 15.7. The third kappa shape index (κ3) is 4.99. The molecule has 0 unspecified atom stereocenters. The number of hydrogen-bond donors (Lipinski definition) is 1. The number of nitrogens with one attached hydrogen (secondary N) is 1. The Kier molecular flexibility index (Phi) is 6.42. The third-order valence-corrected chi connectivity index (χ3v) is 5.95. The summed E-state index contributed by atoms with van der Waals surface area (Å²) >= 11 is 0. The van der Waals surface area contributed by atoms with E-state index in [0.717, 1.165) is 28.9 Å². The van der Waals surface area contributed by atoms with Crippen molar-refractivity contribution in [1.82, 2.24) is 25.1 Å². The summed E-state index contributed by atoms with van der Waals surface area (Å²) in [6.07, 6.45) is 3.93. The molecule has 162 valence electrons. The Hall–Kier alpha value is -3.06. The molecule has 1 atom stereocenters. The zero-order valence-corrected chi connectivity index (χ0v) is 18.5. The van der Waals surface area contributed by atoms with E-state index in [1.54, 1.807) is 6.92 Å². The molecule has 7 nitrogen and oxygen atoms in total. The number of amides is 1. The zero-order valence-electron chi connectivity index (χ0n) is 18.5. The van der Waals surface area contributed by atoms with Crippen molar-refractivity contribution in [3.8, 4) is 11.4 Å². The Bertz CT molecular complexity index is 1020. The summed E-state index contributed by atoms with van der Waals surface area (Å²) in [7, 11) is 0. The Morgan fingerprint density at radius 3 is 2.39 bits per heavy atom. The van der Waals surface area contributed by atoms with E-state index in [4.69, 9.17) is 0 Å². The number of carbonyl (C=O) groups excluding carboxylic acids is 1. The smallest absolute Gasteiger partial charge is 0.250 e. The van der Waals surface area contributed by atoms with Crippen LogP contribution in [0.2, 0.25) is 0 Å². The van der Waals surface area contributed by atoms with E-state index >= 15 is 0 Å². The summed E-state index contributed by atoms with van der Waals surface area (Å²) in [6.45, 7) is 9.08. The SMILES string of the molecule is Cc1cccc(C)c1NC(=O)[C@@H](C)n1nnc(-c2ccc(CN3CCCCC3)cc2)n1. The second-order valence-corrected chi connectivity index (χ2v) is 8.40. The van der Waals surface area contributed by atoms with Crippen molar-refractivity contribution in [3.63, 3.8) is 0 Å². The van der Waals surface area contributed by atoms with Crippen molar-refractivity contribution >= 4 is 11.6 Å². The predicted octanol–water partition coefficient (Wildman–Crippen LogP) is 4.14. The van der Waals surface area contributed by atoms with Gasteiger partial charge < -0.3 is 5.32 Å². The summed E-state index contributed by atoms with van der Waals surface area (Å²) < 4.78 is 0. The van der Waals surface area contributed by atoms with Crippen LogP contribution in [0.25, 0.3) is 11.4 Å². The van der Waals surface area contributed by atoms with Gasteiger partial charge in [-0.1, -0.05) is 48.9 Å². The molecule has 1 fully saturated rings. The van der Waals surface area contributed by atoms with E-state index in [1.807, 2.05) is 44.2 Å². The summed E-state index contributed by atoms with van der Waals surface area (Å²) in [5.41, 5.74) is 5.08. The van der Waals surface area contributed by atoms with Gasteiger partial charge in [0.15, 0.2) is 0 Å². The lowest BCUT2D eigenvalue weighted by Crippen LogP contribution is -2.29. The molecule has 31 heavy (non-hydrogen) atoms. The topological polar surface area (TPSA) is 75.9 Å². The van der Waals surface area contributed by atoms with Crippen LogP contribution >= 0.6 is 0 Å². The average molecular weight is 419 g/mol. The third-order valence-electron chi connectivity index (χ3n) is 5.95. The maximum atomic E-state index is 12.8. The lowest BCUT2D eigenvalue weighted by atomic mass is 10.1. The highest BCUT2D eigenvalue weighted by molar-refractivity contribution is 5.94. The first-order valence-corrected chi connectivity index (χ1v) is 11.0. The molecule has 1 amide bonds. The van der Waals surface area contributed by atoms with Gasteiger partial charge in [0.25, 0.3) is 5.91 Å². The van der Waals surface area contributed by atoms with Crippen LogP contribution in [0.3, 0.4) is 0 Å². The lowest BCUT2D eigenvalue weighted by Gasteiger charge is -2.26. The van der Waals surface area contributed by atoms with Gasteiger partial charge in [-0.25, -0.2) is 0 Å². The van der Waals surface area contributed by atoms with Crippen molar-refractivity contribution < 1.29 is 4.79 Å². The fraction of sp³-hybridized carbons (Fsp3) is 0.417. The Morgan fingerprint density at radius 1 is 1.03 bits per heavy atom. The van der Waals surface area contributed by atoms with E-state index in [0.29, 0.717) is 5.82 Å². The molecular formula is C24H30N6O. The molecule has 2 aromatic carbocycles. The highest BCUT2D eigenvalue weighted by Gasteiger charge is 2.20. The first kappa shape index (κ1) is 21.2. The van der Waals surface area contributed by atoms with Gasteiger partial charge in [0, 0.05) is 17.8 Å². The average Bonchev–Trinajstić information content (AvgIpc) is 3.27. The van der Waals surface area contributed by atoms with Crippen LogP contribution < -0.4 is 5.32 Å². The molecule has 0 saturated carbocycles. The second-order valence-electron chi connectivity index (χ2n) is 8.40. The van der Waals surface area contributed by atoms with Gasteiger partial charge in [-0.2, -0.15) is 4.80 Å². The number of likely N-dealkylation sites (tertiary alicyclic amines) is 1. The van der Waals surface area contributed by atoms with E-state index in [1.165, 1.54) is 42.7 Å². The molecule has 1 aliphatic heterocycles. The fourth-order valence-electron chi connectivity index (χ4n) is 3.98. The molecule has 3 aromatic rings. The van der Waals surface area contributed by atoms with Crippen LogP contribution in [-0.4, -0.2) is 44.1 Å². The van der Waals surface area contributed by atoms with Crippen LogP contribution in [-0.2, 0) is 11.3 Å². The van der Waals surface area contributed by atoms with Crippen LogP contribution in [0.5, 0.6) is 0 Å². The van der Waals surface area contributed by atoms with Gasteiger partial charge in [-0.3, -0.25) is 9.69 Å². The number of tetrazole rings is 1. The molecule has 1 N–H and O–H groups in total. The Morgan fingerprint density at radius 2 is 1.71 bits per heavy atom. The molecular weight excluding hydrogens is 388 g/mol. The molecule has 2 heterocycles. The van der Waals surface area contributed by atoms with Crippen molar-refractivity contribution in [1.29, 1.82) is 0 Å². The van der Waals surface area contributed by atoms with E-state index in [2.05, 4.69) is 37.8 Å². The van der Waals surface area contributed by atoms with E-state index < -0.39 is 6.04 Å². The number of aryl methyl sites for hydroxylation is 2. The maximum Gasteiger partial charge on any atom is 0.250 e. The first-order chi connectivity index (χ1) is 15.0. The van der Waals surface area contributed by atoms with Gasteiger partial charge in [0.1, 0.15) is 6.04 Å². The second kappa shape index (κ2) is 9.39. The van der Waals surface area contributed by atoms with Crippen molar-refractivity contribution in [3.05, 3.63) is 59.2 Å². The molecule has 1 saturated heterocycles. The number of piperidine rings is 1. The number of rotatable bonds is 6. The van der Waals surface area contributed by atoms with Crippen LogP contribution in [0.15, 0.2) is 42.5 Å². The predicted molar refractivity (Wildman–Crippen MR) is 122 cm³/mol. The van der Waals surface area contributed by atoms with Gasteiger partial charge in [-0.15, -0.1) is 10.2 Å². The zero-order chi connectivity index (χ0) is 21.8. The number of para-hydroxylation sites is 1. The first-order valence-electron chi connectivity index (χ1n) is 11.0. The van der Waals surface area contributed by atoms with Crippen molar-refractivity contribution in [2.75, 3.05) is 18.4 Å². The number of hydrogen-bond acceptors (Lipinski definition) is 5. The molecule has 0 spiro atoms. The van der Waals surface area contributed by atoms with Crippen LogP contribution in [0.1, 0.15) is 48.9 Å². The van der Waals surface area contributed by atoms with Gasteiger partial charge >= 0.3 is 0 Å². The van der Waals surface area contributed by atoms with Crippen LogP contribution in [0, 0.1) is 13.8 Å². The molecule has 0 aliphatic carbocycles. The van der Waals surface area contributed by atoms with Gasteiger partial charge in [0.05, 0.1) is 0 Å². The molecule has 7 heteroatoms. The molecule has 4 rings (SSSR count). The molecule has 0 radical (unpaired) electrons. The van der Waals surface area contributed by atoms with Gasteiger partial charge in [0.2, 0.25) is 5.82 Å². The van der Waals surface area contributed by atoms with Crippen LogP contribution in [0.4, 0.5) is 5.69 Å². The Balaban J connectivity index is 1.41. The van der Waals surface area contributed by atoms with Crippen molar-refractivity contribution in [2.24, 2.45) is 0 Å². The number of benzene rings is 2. The normalized spacial score (nSPS) is 15.6. The summed E-state index contributed by atoms with van der Waals surface area (Å²) in [6, 6.07) is 13.7. The summed E-state index contributed by atoms with van der Waals surface area (Å²) in [5.74, 6) is 0.356. The standard InChI is InChI=1S/C24H30N6O/c1-17-8-7-9-18(2)22(17)25-24(31)19(3)30-27-23(26-28-30)21-12-10-20(11-13-21)16-29-14-5-4-6-15-29/h7-13,19H,4-6,14-16H2,1-3H3,(H,25,31)/t19-/m1/s1. The minimum Gasteiger partial charge on any atom is -0.324 e. The highest BCUT2D eigenvalue weighted by atomic mass is 16.2. The molecule has 0 bridgehead atoms. The fourth-order valence-corrected chi connectivity index (χ4v) is 3.98. The quantitative estimate of drug-likeness (QED) is 0.651. The van der Waals surface area contributed by atoms with Crippen molar-refractivity contribution in [2.45, 2.75) is 52.6 Å².